The number of nitrogens with one attached hydrogen (secondary N) is 2. The number of para-hydroxylation sites is 1. The molecule has 10 nitrogen and oxygen atoms in total. The van der Waals surface area contributed by atoms with E-state index in [0.717, 1.165) is 0 Å². The largest absolute Gasteiger partial charge is 0.485 e. The Kier molecular flexibility index (Phi) is 6.94. The maximum Gasteiger partial charge on any atom is 0.255 e. The van der Waals surface area contributed by atoms with Crippen molar-refractivity contribution in [1.82, 2.24) is 15.5 Å². The fraction of sp³-hybridized carbons (Fsp3) is 0.190. The molecule has 0 bridgehead atoms. The molecule has 10 heteroatoms. The number of anilines is 1. The van der Waals surface area contributed by atoms with E-state index >= 15 is 0 Å². The van der Waals surface area contributed by atoms with Crippen LogP contribution < -0.4 is 21.1 Å². The number of hydrogen-bond donors (Lipinski definition) is 3. The van der Waals surface area contributed by atoms with Gasteiger partial charge in [-0.15, -0.1) is 0 Å². The van der Waals surface area contributed by atoms with Crippen LogP contribution >= 0.6 is 0 Å². The molecule has 2 aromatic carbocycles. The molecule has 0 spiro atoms. The highest BCUT2D eigenvalue weighted by molar-refractivity contribution is 6.09. The number of hydrogen-bond acceptors (Lipinski definition) is 7. The van der Waals surface area contributed by atoms with Gasteiger partial charge in [-0.25, -0.2) is 0 Å². The van der Waals surface area contributed by atoms with Gasteiger partial charge in [0.05, 0.1) is 11.3 Å². The van der Waals surface area contributed by atoms with E-state index in [0.29, 0.717) is 28.7 Å². The second-order valence-corrected chi connectivity index (χ2v) is 6.51. The molecule has 0 radical (unpaired) electrons. The standard InChI is InChI=1S/C21H21N5O5/c1-13-24-19(26-31-13)12-30-15-8-6-14(7-9-15)20(28)25-17-5-3-2-4-16(17)21(29)23-11-10-18(22)27/h2-9H,10-12H2,1H3,(H2,22,27)(H,23,29)(H,25,28). The Balaban J connectivity index is 1.61. The van der Waals surface area contributed by atoms with Crippen molar-refractivity contribution in [1.29, 1.82) is 0 Å². The smallest absolute Gasteiger partial charge is 0.255 e. The summed E-state index contributed by atoms with van der Waals surface area (Å²) in [5.74, 6) is 0.0859. The third kappa shape index (κ3) is 6.13. The predicted octanol–water partition coefficient (Wildman–Crippen LogP) is 1.81. The summed E-state index contributed by atoms with van der Waals surface area (Å²) in [5, 5.41) is 9.06. The Bertz CT molecular complexity index is 1080. The Hall–Kier alpha value is -4.21. The Labute approximate surface area is 177 Å². The highest BCUT2D eigenvalue weighted by Gasteiger charge is 2.14. The first-order valence-electron chi connectivity index (χ1n) is 9.41. The van der Waals surface area contributed by atoms with Crippen LogP contribution in [0.3, 0.4) is 0 Å². The molecule has 0 atom stereocenters. The highest BCUT2D eigenvalue weighted by Crippen LogP contribution is 2.18. The lowest BCUT2D eigenvalue weighted by Crippen LogP contribution is -2.28. The molecule has 3 amide bonds. The maximum absolute atomic E-state index is 12.6. The molecule has 4 N–H and O–H groups in total. The SMILES string of the molecule is Cc1nc(COc2ccc(C(=O)Nc3ccccc3C(=O)NCCC(N)=O)cc2)no1. The molecular weight excluding hydrogens is 402 g/mol. The Morgan fingerprint density at radius 2 is 1.81 bits per heavy atom. The minimum Gasteiger partial charge on any atom is -0.485 e. The van der Waals surface area contributed by atoms with Crippen molar-refractivity contribution in [2.45, 2.75) is 20.0 Å². The van der Waals surface area contributed by atoms with Crippen LogP contribution in [0.5, 0.6) is 5.75 Å². The lowest BCUT2D eigenvalue weighted by Gasteiger charge is -2.11. The van der Waals surface area contributed by atoms with E-state index in [1.54, 1.807) is 55.5 Å². The van der Waals surface area contributed by atoms with Crippen LogP contribution in [0.2, 0.25) is 0 Å². The summed E-state index contributed by atoms with van der Waals surface area (Å²) in [6.07, 6.45) is 0.0288. The van der Waals surface area contributed by atoms with Gasteiger partial charge in [0.15, 0.2) is 6.61 Å². The van der Waals surface area contributed by atoms with Gasteiger partial charge in [0.25, 0.3) is 11.8 Å². The maximum atomic E-state index is 12.6. The fourth-order valence-corrected chi connectivity index (χ4v) is 2.63. The molecule has 1 aromatic heterocycles. The van der Waals surface area contributed by atoms with Crippen molar-refractivity contribution in [3.63, 3.8) is 0 Å². The summed E-state index contributed by atoms with van der Waals surface area (Å²) in [4.78, 5) is 39.8. The molecule has 0 saturated carbocycles. The summed E-state index contributed by atoms with van der Waals surface area (Å²) >= 11 is 0. The van der Waals surface area contributed by atoms with Crippen LogP contribution in [0.4, 0.5) is 5.69 Å². The van der Waals surface area contributed by atoms with E-state index in [9.17, 15) is 14.4 Å². The molecule has 1 heterocycles. The van der Waals surface area contributed by atoms with Gasteiger partial charge in [-0.3, -0.25) is 14.4 Å². The normalized spacial score (nSPS) is 10.4. The molecule has 0 fully saturated rings. The molecule has 160 valence electrons. The van der Waals surface area contributed by atoms with Crippen LogP contribution in [0, 0.1) is 6.92 Å². The quantitative estimate of drug-likeness (QED) is 0.475. The topological polar surface area (TPSA) is 149 Å². The second kappa shape index (κ2) is 10.0. The number of nitrogens with zero attached hydrogens (tertiary/aromatic N) is 2. The van der Waals surface area contributed by atoms with Crippen molar-refractivity contribution in [3.05, 3.63) is 71.4 Å². The van der Waals surface area contributed by atoms with E-state index in [1.165, 1.54) is 0 Å². The molecule has 0 saturated heterocycles. The minimum absolute atomic E-state index is 0.0288. The first-order valence-corrected chi connectivity index (χ1v) is 9.41. The van der Waals surface area contributed by atoms with Crippen LogP contribution in [0.25, 0.3) is 0 Å². The van der Waals surface area contributed by atoms with Gasteiger partial charge >= 0.3 is 0 Å². The van der Waals surface area contributed by atoms with Gasteiger partial charge in [-0.2, -0.15) is 4.98 Å². The van der Waals surface area contributed by atoms with Gasteiger partial charge in [0, 0.05) is 25.5 Å². The van der Waals surface area contributed by atoms with Gasteiger partial charge in [-0.05, 0) is 36.4 Å². The fourth-order valence-electron chi connectivity index (χ4n) is 2.63. The summed E-state index contributed by atoms with van der Waals surface area (Å²) in [6.45, 7) is 1.94. The third-order valence-corrected chi connectivity index (χ3v) is 4.13. The van der Waals surface area contributed by atoms with Crippen molar-refractivity contribution >= 4 is 23.4 Å². The van der Waals surface area contributed by atoms with Gasteiger partial charge < -0.3 is 25.6 Å². The lowest BCUT2D eigenvalue weighted by atomic mass is 10.1. The molecule has 3 rings (SSSR count). The number of ether oxygens (including phenoxy) is 1. The molecule has 0 aliphatic carbocycles. The molecule has 0 aliphatic rings. The zero-order chi connectivity index (χ0) is 22.2. The van der Waals surface area contributed by atoms with E-state index in [4.69, 9.17) is 15.0 Å². The number of primary amides is 1. The first kappa shape index (κ1) is 21.5. The number of carbonyl (C=O) groups is 3. The monoisotopic (exact) mass is 423 g/mol. The van der Waals surface area contributed by atoms with Gasteiger partial charge in [-0.1, -0.05) is 17.3 Å². The van der Waals surface area contributed by atoms with Gasteiger partial charge in [0.1, 0.15) is 5.75 Å². The number of rotatable bonds is 9. The number of carbonyl (C=O) groups excluding carboxylic acids is 3. The zero-order valence-corrected chi connectivity index (χ0v) is 16.8. The number of aromatic nitrogens is 2. The third-order valence-electron chi connectivity index (χ3n) is 4.13. The van der Waals surface area contributed by atoms with E-state index in [-0.39, 0.29) is 25.1 Å². The molecule has 3 aromatic rings. The molecule has 0 aliphatic heterocycles. The molecule has 31 heavy (non-hydrogen) atoms. The number of amides is 3. The van der Waals surface area contributed by atoms with E-state index in [1.807, 2.05) is 0 Å². The van der Waals surface area contributed by atoms with Crippen molar-refractivity contribution in [3.8, 4) is 5.75 Å². The highest BCUT2D eigenvalue weighted by atomic mass is 16.5. The predicted molar refractivity (Wildman–Crippen MR) is 110 cm³/mol. The molecular formula is C21H21N5O5. The van der Waals surface area contributed by atoms with Crippen molar-refractivity contribution in [2.75, 3.05) is 11.9 Å². The Morgan fingerprint density at radius 1 is 1.06 bits per heavy atom. The number of nitrogens with two attached hydrogens (primary N) is 1. The summed E-state index contributed by atoms with van der Waals surface area (Å²) < 4.78 is 10.4. The van der Waals surface area contributed by atoms with E-state index in [2.05, 4.69) is 20.8 Å². The van der Waals surface area contributed by atoms with Crippen LogP contribution in [-0.2, 0) is 11.4 Å². The van der Waals surface area contributed by atoms with Crippen molar-refractivity contribution in [2.24, 2.45) is 5.73 Å². The zero-order valence-electron chi connectivity index (χ0n) is 16.8. The average molecular weight is 423 g/mol. The van der Waals surface area contributed by atoms with Crippen LogP contribution in [0.15, 0.2) is 53.1 Å². The molecule has 0 unspecified atom stereocenters. The summed E-state index contributed by atoms with van der Waals surface area (Å²) in [7, 11) is 0. The van der Waals surface area contributed by atoms with Gasteiger partial charge in [0.2, 0.25) is 17.6 Å². The summed E-state index contributed by atoms with van der Waals surface area (Å²) in [6, 6.07) is 13.1. The summed E-state index contributed by atoms with van der Waals surface area (Å²) in [5.41, 5.74) is 6.07. The Morgan fingerprint density at radius 3 is 2.48 bits per heavy atom. The van der Waals surface area contributed by atoms with Crippen LogP contribution in [-0.4, -0.2) is 34.4 Å². The number of aryl methyl sites for hydroxylation is 1. The van der Waals surface area contributed by atoms with Crippen molar-refractivity contribution < 1.29 is 23.6 Å². The number of benzene rings is 2. The second-order valence-electron chi connectivity index (χ2n) is 6.51. The lowest BCUT2D eigenvalue weighted by molar-refractivity contribution is -0.117. The minimum atomic E-state index is -0.512. The van der Waals surface area contributed by atoms with E-state index < -0.39 is 17.7 Å². The average Bonchev–Trinajstić information content (AvgIpc) is 3.17. The first-order chi connectivity index (χ1) is 14.9. The van der Waals surface area contributed by atoms with Crippen LogP contribution in [0.1, 0.15) is 38.9 Å².